The minimum Gasteiger partial charge on any atom is -0.353 e. The van der Waals surface area contributed by atoms with E-state index in [-0.39, 0.29) is 30.3 Å². The van der Waals surface area contributed by atoms with E-state index in [1.54, 1.807) is 0 Å². The van der Waals surface area contributed by atoms with Gasteiger partial charge in [0.05, 0.1) is 0 Å². The Hall–Kier alpha value is -0.460. The van der Waals surface area contributed by atoms with E-state index in [2.05, 4.69) is 24.5 Å². The number of likely N-dealkylation sites (tertiary alicyclic amines) is 1. The van der Waals surface area contributed by atoms with Crippen LogP contribution in [0.5, 0.6) is 0 Å². The van der Waals surface area contributed by atoms with Crippen molar-refractivity contribution in [2.45, 2.75) is 58.0 Å². The number of carbonyl (C=O) groups excluding carboxylic acids is 2. The lowest BCUT2D eigenvalue weighted by atomic mass is 9.98. The first-order valence-electron chi connectivity index (χ1n) is 9.03. The first kappa shape index (κ1) is 21.6. The van der Waals surface area contributed by atoms with Gasteiger partial charge in [-0.3, -0.25) is 9.59 Å². The Labute approximate surface area is 156 Å². The molecule has 1 atom stereocenters. The van der Waals surface area contributed by atoms with Crippen LogP contribution in [0.1, 0.15) is 46.0 Å². The molecule has 0 spiro atoms. The lowest BCUT2D eigenvalue weighted by molar-refractivity contribution is -0.137. The molecule has 0 saturated carbocycles. The van der Waals surface area contributed by atoms with Gasteiger partial charge >= 0.3 is 0 Å². The van der Waals surface area contributed by atoms with Crippen LogP contribution in [-0.2, 0) is 9.59 Å². The van der Waals surface area contributed by atoms with Gasteiger partial charge in [-0.05, 0) is 25.7 Å². The van der Waals surface area contributed by atoms with Crippen LogP contribution < -0.4 is 10.6 Å². The Morgan fingerprint density at radius 3 is 2.46 bits per heavy atom. The normalized spacial score (nSPS) is 22.1. The summed E-state index contributed by atoms with van der Waals surface area (Å²) in [5.74, 6) is 2.77. The van der Waals surface area contributed by atoms with Crippen LogP contribution in [0.4, 0.5) is 0 Å². The third-order valence-corrected chi connectivity index (χ3v) is 6.07. The molecule has 0 aromatic heterocycles. The lowest BCUT2D eigenvalue weighted by Gasteiger charge is -2.34. The molecule has 2 saturated heterocycles. The average Bonchev–Trinajstić information content (AvgIpc) is 2.57. The summed E-state index contributed by atoms with van der Waals surface area (Å²) < 4.78 is 0. The summed E-state index contributed by atoms with van der Waals surface area (Å²) >= 11 is 1.91. The van der Waals surface area contributed by atoms with Crippen LogP contribution in [0.15, 0.2) is 0 Å². The van der Waals surface area contributed by atoms with Crippen molar-refractivity contribution in [2.24, 2.45) is 5.92 Å². The molecule has 0 bridgehead atoms. The molecule has 7 heteroatoms. The fourth-order valence-corrected chi connectivity index (χ4v) is 4.35. The molecule has 2 amide bonds. The van der Waals surface area contributed by atoms with E-state index in [1.165, 1.54) is 0 Å². The summed E-state index contributed by atoms with van der Waals surface area (Å²) in [6.45, 7) is 6.71. The predicted molar refractivity (Wildman–Crippen MR) is 103 cm³/mol. The van der Waals surface area contributed by atoms with Gasteiger partial charge in [-0.25, -0.2) is 0 Å². The van der Waals surface area contributed by atoms with Crippen molar-refractivity contribution in [3.8, 4) is 0 Å². The fraction of sp³-hybridized carbons (Fsp3) is 0.882. The first-order chi connectivity index (χ1) is 11.1. The van der Waals surface area contributed by atoms with Gasteiger partial charge < -0.3 is 15.5 Å². The first-order valence-corrected chi connectivity index (χ1v) is 10.2. The molecule has 2 N–H and O–H groups in total. The van der Waals surface area contributed by atoms with Gasteiger partial charge in [-0.1, -0.05) is 13.8 Å². The van der Waals surface area contributed by atoms with Crippen molar-refractivity contribution in [3.05, 3.63) is 0 Å². The second-order valence-corrected chi connectivity index (χ2v) is 7.76. The van der Waals surface area contributed by atoms with E-state index in [0.29, 0.717) is 18.4 Å². The third-order valence-electron chi connectivity index (χ3n) is 4.94. The van der Waals surface area contributed by atoms with Gasteiger partial charge in [0.15, 0.2) is 0 Å². The van der Waals surface area contributed by atoms with Gasteiger partial charge in [0.25, 0.3) is 0 Å². The largest absolute Gasteiger partial charge is 0.353 e. The Bertz CT molecular complexity index is 393. The topological polar surface area (TPSA) is 61.4 Å². The van der Waals surface area contributed by atoms with E-state index in [1.807, 2.05) is 16.7 Å². The summed E-state index contributed by atoms with van der Waals surface area (Å²) in [6, 6.07) is 0.537. The highest BCUT2D eigenvalue weighted by molar-refractivity contribution is 7.99. The molecule has 2 rings (SSSR count). The van der Waals surface area contributed by atoms with E-state index < -0.39 is 0 Å². The smallest absolute Gasteiger partial charge is 0.225 e. The summed E-state index contributed by atoms with van der Waals surface area (Å²) in [5, 5.41) is 6.56. The summed E-state index contributed by atoms with van der Waals surface area (Å²) in [5.41, 5.74) is 0. The van der Waals surface area contributed by atoms with E-state index >= 15 is 0 Å². The maximum Gasteiger partial charge on any atom is 0.225 e. The molecule has 0 aromatic carbocycles. The van der Waals surface area contributed by atoms with Crippen LogP contribution in [-0.4, -0.2) is 59.9 Å². The van der Waals surface area contributed by atoms with Crippen LogP contribution in [0.3, 0.4) is 0 Å². The molecule has 24 heavy (non-hydrogen) atoms. The number of carbonyl (C=O) groups is 2. The number of hydrogen-bond acceptors (Lipinski definition) is 4. The molecule has 2 aliphatic rings. The zero-order valence-corrected chi connectivity index (χ0v) is 16.5. The molecule has 0 aliphatic carbocycles. The Morgan fingerprint density at radius 2 is 1.92 bits per heavy atom. The second kappa shape index (κ2) is 11.2. The summed E-state index contributed by atoms with van der Waals surface area (Å²) in [6.07, 6.45) is 4.16. The number of amides is 2. The Balaban J connectivity index is 0.00000288. The number of piperidine rings is 1. The van der Waals surface area contributed by atoms with Crippen LogP contribution in [0.25, 0.3) is 0 Å². The minimum absolute atomic E-state index is 0. The molecule has 5 nitrogen and oxygen atoms in total. The molecular formula is C17H32ClN3O2S. The van der Waals surface area contributed by atoms with Crippen LogP contribution in [0, 0.1) is 5.92 Å². The lowest BCUT2D eigenvalue weighted by Crippen LogP contribution is -2.49. The number of thioether (sulfide) groups is 1. The Morgan fingerprint density at radius 1 is 1.25 bits per heavy atom. The van der Waals surface area contributed by atoms with Crippen molar-refractivity contribution in [1.82, 2.24) is 15.5 Å². The second-order valence-electron chi connectivity index (χ2n) is 6.61. The molecular weight excluding hydrogens is 346 g/mol. The zero-order chi connectivity index (χ0) is 16.7. The van der Waals surface area contributed by atoms with Crippen molar-refractivity contribution in [3.63, 3.8) is 0 Å². The van der Waals surface area contributed by atoms with Crippen molar-refractivity contribution in [1.29, 1.82) is 0 Å². The highest BCUT2D eigenvalue weighted by atomic mass is 35.5. The minimum atomic E-state index is 0. The monoisotopic (exact) mass is 377 g/mol. The van der Waals surface area contributed by atoms with Crippen molar-refractivity contribution in [2.75, 3.05) is 31.1 Å². The SMILES string of the molecule is CCC(CC)C(=O)N1CCC(NC(=O)CC2CSCCN2)CC1.Cl. The third kappa shape index (κ3) is 6.45. The fourth-order valence-electron chi connectivity index (χ4n) is 3.40. The summed E-state index contributed by atoms with van der Waals surface area (Å²) in [7, 11) is 0. The van der Waals surface area contributed by atoms with Gasteiger partial charge in [0.1, 0.15) is 0 Å². The molecule has 0 aromatic rings. The molecule has 0 radical (unpaired) electrons. The number of rotatable bonds is 6. The predicted octanol–water partition coefficient (Wildman–Crippen LogP) is 2.05. The molecule has 2 aliphatic heterocycles. The maximum atomic E-state index is 12.4. The number of nitrogens with one attached hydrogen (secondary N) is 2. The number of nitrogens with zero attached hydrogens (tertiary/aromatic N) is 1. The molecule has 140 valence electrons. The number of hydrogen-bond donors (Lipinski definition) is 2. The van der Waals surface area contributed by atoms with Gasteiger partial charge in [-0.15, -0.1) is 12.4 Å². The van der Waals surface area contributed by atoms with Crippen LogP contribution >= 0.6 is 24.2 Å². The highest BCUT2D eigenvalue weighted by Gasteiger charge is 2.27. The average molecular weight is 378 g/mol. The van der Waals surface area contributed by atoms with Crippen LogP contribution in [0.2, 0.25) is 0 Å². The maximum absolute atomic E-state index is 12.4. The van der Waals surface area contributed by atoms with Crippen molar-refractivity contribution < 1.29 is 9.59 Å². The van der Waals surface area contributed by atoms with Gasteiger partial charge in [-0.2, -0.15) is 11.8 Å². The van der Waals surface area contributed by atoms with E-state index in [9.17, 15) is 9.59 Å². The van der Waals surface area contributed by atoms with Gasteiger partial charge in [0.2, 0.25) is 11.8 Å². The quantitative estimate of drug-likeness (QED) is 0.743. The zero-order valence-electron chi connectivity index (χ0n) is 14.9. The number of halogens is 1. The Kier molecular flexibility index (Phi) is 10.1. The van der Waals surface area contributed by atoms with Crippen molar-refractivity contribution >= 4 is 36.0 Å². The van der Waals surface area contributed by atoms with E-state index in [4.69, 9.17) is 0 Å². The summed E-state index contributed by atoms with van der Waals surface area (Å²) in [4.78, 5) is 26.5. The standard InChI is InChI=1S/C17H31N3O2S.ClH/c1-3-13(4-2)17(22)20-8-5-14(6-9-20)19-16(21)11-15-12-23-10-7-18-15;/h13-15,18H,3-12H2,1-2H3,(H,19,21);1H. The molecule has 1 unspecified atom stereocenters. The van der Waals surface area contributed by atoms with Gasteiger partial charge in [0, 0.05) is 55.6 Å². The molecule has 2 fully saturated rings. The van der Waals surface area contributed by atoms with E-state index in [0.717, 1.165) is 56.8 Å². The molecule has 2 heterocycles. The highest BCUT2D eigenvalue weighted by Crippen LogP contribution is 2.17.